The molecule has 0 spiro atoms. The van der Waals surface area contributed by atoms with E-state index in [0.29, 0.717) is 5.92 Å². The van der Waals surface area contributed by atoms with Crippen molar-refractivity contribution in [2.24, 2.45) is 11.8 Å². The number of rotatable bonds is 5. The summed E-state index contributed by atoms with van der Waals surface area (Å²) in [7, 11) is 1.31. The van der Waals surface area contributed by atoms with Crippen molar-refractivity contribution >= 4 is 33.3 Å². The molecule has 6 nitrogen and oxygen atoms in total. The van der Waals surface area contributed by atoms with Gasteiger partial charge >= 0.3 is 5.97 Å². The van der Waals surface area contributed by atoms with Gasteiger partial charge in [0.15, 0.2) is 6.10 Å². The lowest BCUT2D eigenvalue weighted by atomic mass is 9.91. The second-order valence-electron chi connectivity index (χ2n) is 7.43. The first-order valence-electron chi connectivity index (χ1n) is 9.16. The number of piperidine rings is 1. The minimum atomic E-state index is -1.04. The molecule has 2 aromatic rings. The molecular weight excluding hydrogens is 350 g/mol. The molecule has 142 valence electrons. The second-order valence-corrected chi connectivity index (χ2v) is 8.28. The highest BCUT2D eigenvalue weighted by Gasteiger charge is 2.31. The number of thiophene rings is 1. The van der Waals surface area contributed by atoms with Gasteiger partial charge in [0.25, 0.3) is 0 Å². The number of nitrogens with zero attached hydrogens (tertiary/aromatic N) is 3. The van der Waals surface area contributed by atoms with Crippen LogP contribution in [0.1, 0.15) is 38.1 Å². The minimum Gasteiger partial charge on any atom is -0.467 e. The third-order valence-corrected chi connectivity index (χ3v) is 5.88. The number of carbonyl (C=O) groups excluding carboxylic acids is 1. The maximum absolute atomic E-state index is 11.6. The van der Waals surface area contributed by atoms with Gasteiger partial charge in [-0.3, -0.25) is 0 Å². The van der Waals surface area contributed by atoms with Crippen LogP contribution in [-0.4, -0.2) is 47.3 Å². The van der Waals surface area contributed by atoms with Gasteiger partial charge in [-0.2, -0.15) is 0 Å². The fraction of sp³-hybridized carbons (Fsp3) is 0.632. The van der Waals surface area contributed by atoms with E-state index in [1.807, 2.05) is 6.92 Å². The Balaban J connectivity index is 1.85. The number of methoxy groups -OCH3 is 1. The SMILES string of the molecule is COC(=O)C(O)C1CCN(c2nc(C)nc3scc(CC(C)C)c23)CC1. The van der Waals surface area contributed by atoms with Gasteiger partial charge < -0.3 is 14.7 Å². The molecule has 26 heavy (non-hydrogen) atoms. The van der Waals surface area contributed by atoms with Gasteiger partial charge in [0, 0.05) is 13.1 Å². The molecule has 1 aliphatic heterocycles. The first kappa shape index (κ1) is 19.0. The van der Waals surface area contributed by atoms with Crippen molar-refractivity contribution in [1.29, 1.82) is 0 Å². The Labute approximate surface area is 158 Å². The summed E-state index contributed by atoms with van der Waals surface area (Å²) in [4.78, 5) is 24.3. The maximum atomic E-state index is 11.6. The van der Waals surface area contributed by atoms with E-state index in [4.69, 9.17) is 4.98 Å². The van der Waals surface area contributed by atoms with E-state index in [1.165, 1.54) is 18.1 Å². The number of aromatic nitrogens is 2. The van der Waals surface area contributed by atoms with Gasteiger partial charge in [0.1, 0.15) is 16.5 Å². The molecule has 1 aliphatic rings. The third kappa shape index (κ3) is 3.83. The summed E-state index contributed by atoms with van der Waals surface area (Å²) in [5.74, 6) is 1.75. The second kappa shape index (κ2) is 7.88. The molecule has 0 bridgehead atoms. The van der Waals surface area contributed by atoms with Crippen molar-refractivity contribution < 1.29 is 14.6 Å². The summed E-state index contributed by atoms with van der Waals surface area (Å²) >= 11 is 1.68. The molecule has 0 radical (unpaired) electrons. The van der Waals surface area contributed by atoms with Gasteiger partial charge in [-0.1, -0.05) is 13.8 Å². The van der Waals surface area contributed by atoms with Gasteiger partial charge in [-0.25, -0.2) is 14.8 Å². The monoisotopic (exact) mass is 377 g/mol. The smallest absolute Gasteiger partial charge is 0.334 e. The van der Waals surface area contributed by atoms with Gasteiger partial charge in [-0.15, -0.1) is 11.3 Å². The number of aliphatic hydroxyl groups is 1. The molecule has 0 aromatic carbocycles. The topological polar surface area (TPSA) is 75.6 Å². The molecule has 0 amide bonds. The lowest BCUT2D eigenvalue weighted by Gasteiger charge is -2.34. The Hall–Kier alpha value is -1.73. The Morgan fingerprint density at radius 1 is 1.38 bits per heavy atom. The predicted octanol–water partition coefficient (Wildman–Crippen LogP) is 2.95. The first-order chi connectivity index (χ1) is 12.4. The van der Waals surface area contributed by atoms with Gasteiger partial charge in [0.05, 0.1) is 12.5 Å². The molecule has 1 fully saturated rings. The summed E-state index contributed by atoms with van der Waals surface area (Å²) in [6.45, 7) is 7.90. The quantitative estimate of drug-likeness (QED) is 0.808. The Morgan fingerprint density at radius 2 is 2.08 bits per heavy atom. The van der Waals surface area contributed by atoms with Crippen molar-refractivity contribution in [3.63, 3.8) is 0 Å². The molecule has 1 saturated heterocycles. The van der Waals surface area contributed by atoms with Crippen LogP contribution in [0.25, 0.3) is 10.2 Å². The number of anilines is 1. The van der Waals surface area contributed by atoms with Gasteiger partial charge in [0.2, 0.25) is 0 Å². The van der Waals surface area contributed by atoms with Crippen LogP contribution in [0, 0.1) is 18.8 Å². The van der Waals surface area contributed by atoms with Crippen molar-refractivity contribution in [1.82, 2.24) is 9.97 Å². The first-order valence-corrected chi connectivity index (χ1v) is 10.0. The summed E-state index contributed by atoms with van der Waals surface area (Å²) in [6.07, 6.45) is 1.46. The Morgan fingerprint density at radius 3 is 2.69 bits per heavy atom. The third-order valence-electron chi connectivity index (χ3n) is 4.96. The molecule has 1 unspecified atom stereocenters. The van der Waals surface area contributed by atoms with E-state index in [9.17, 15) is 9.90 Å². The van der Waals surface area contributed by atoms with E-state index < -0.39 is 12.1 Å². The largest absolute Gasteiger partial charge is 0.467 e. The lowest BCUT2D eigenvalue weighted by molar-refractivity contribution is -0.153. The van der Waals surface area contributed by atoms with E-state index >= 15 is 0 Å². The fourth-order valence-corrected chi connectivity index (χ4v) is 4.64. The number of fused-ring (bicyclic) bond motifs is 1. The molecule has 1 N–H and O–H groups in total. The molecule has 0 saturated carbocycles. The van der Waals surface area contributed by atoms with Crippen molar-refractivity contribution in [3.05, 3.63) is 16.8 Å². The van der Waals surface area contributed by atoms with Crippen LogP contribution in [0.3, 0.4) is 0 Å². The van der Waals surface area contributed by atoms with Crippen LogP contribution < -0.4 is 4.90 Å². The van der Waals surface area contributed by atoms with Crippen molar-refractivity contribution in [2.45, 2.75) is 46.1 Å². The number of hydrogen-bond donors (Lipinski definition) is 1. The van der Waals surface area contributed by atoms with E-state index in [0.717, 1.165) is 48.8 Å². The zero-order valence-electron chi connectivity index (χ0n) is 15.9. The summed E-state index contributed by atoms with van der Waals surface area (Å²) in [5.41, 5.74) is 1.31. The van der Waals surface area contributed by atoms with Crippen molar-refractivity contribution in [3.8, 4) is 0 Å². The number of hydrogen-bond acceptors (Lipinski definition) is 7. The molecule has 1 atom stereocenters. The molecule has 2 aromatic heterocycles. The van der Waals surface area contributed by atoms with Crippen LogP contribution >= 0.6 is 11.3 Å². The minimum absolute atomic E-state index is 0.0604. The molecule has 7 heteroatoms. The zero-order chi connectivity index (χ0) is 18.8. The zero-order valence-corrected chi connectivity index (χ0v) is 16.7. The average Bonchev–Trinajstić information content (AvgIpc) is 3.01. The lowest BCUT2D eigenvalue weighted by Crippen LogP contribution is -2.41. The summed E-state index contributed by atoms with van der Waals surface area (Å²) in [5, 5.41) is 13.5. The van der Waals surface area contributed by atoms with Crippen molar-refractivity contribution in [2.75, 3.05) is 25.1 Å². The van der Waals surface area contributed by atoms with Crippen LogP contribution in [0.15, 0.2) is 5.38 Å². The van der Waals surface area contributed by atoms with Crippen LogP contribution in [0.4, 0.5) is 5.82 Å². The van der Waals surface area contributed by atoms with Gasteiger partial charge in [-0.05, 0) is 49.0 Å². The fourth-order valence-electron chi connectivity index (χ4n) is 3.64. The van der Waals surface area contributed by atoms with E-state index in [2.05, 4.69) is 33.8 Å². The number of ether oxygens (including phenoxy) is 1. The molecule has 3 heterocycles. The number of esters is 1. The Bertz CT molecular complexity index is 782. The Kier molecular flexibility index (Phi) is 5.77. The molecular formula is C19H27N3O3S. The maximum Gasteiger partial charge on any atom is 0.334 e. The highest BCUT2D eigenvalue weighted by Crippen LogP contribution is 2.35. The predicted molar refractivity (Wildman–Crippen MR) is 104 cm³/mol. The number of aliphatic hydroxyl groups excluding tert-OH is 1. The molecule has 3 rings (SSSR count). The molecule has 0 aliphatic carbocycles. The number of aryl methyl sites for hydroxylation is 1. The van der Waals surface area contributed by atoms with E-state index in [1.54, 1.807) is 11.3 Å². The number of carbonyl (C=O) groups is 1. The summed E-state index contributed by atoms with van der Waals surface area (Å²) < 4.78 is 4.67. The average molecular weight is 378 g/mol. The normalized spacial score (nSPS) is 17.1. The van der Waals surface area contributed by atoms with Crippen LogP contribution in [0.2, 0.25) is 0 Å². The van der Waals surface area contributed by atoms with Crippen LogP contribution in [-0.2, 0) is 16.0 Å². The highest BCUT2D eigenvalue weighted by atomic mass is 32.1. The summed E-state index contributed by atoms with van der Waals surface area (Å²) in [6, 6.07) is 0. The standard InChI is InChI=1S/C19H27N3O3S/c1-11(2)9-14-10-26-18-15(14)17(20-12(3)21-18)22-7-5-13(6-8-22)16(23)19(24)25-4/h10-11,13,16,23H,5-9H2,1-4H3. The highest BCUT2D eigenvalue weighted by molar-refractivity contribution is 7.17. The van der Waals surface area contributed by atoms with Crippen LogP contribution in [0.5, 0.6) is 0 Å². The van der Waals surface area contributed by atoms with E-state index in [-0.39, 0.29) is 5.92 Å².